The van der Waals surface area contributed by atoms with Crippen LogP contribution in [0.15, 0.2) is 59.3 Å². The molecule has 0 aliphatic carbocycles. The molecule has 1 N–H and O–H groups in total. The van der Waals surface area contributed by atoms with Crippen molar-refractivity contribution in [3.05, 3.63) is 76.9 Å². The SMILES string of the molecule is Cc1onc(-c2c(F)cccc2Cl)c1C(=O)Nc1cnc2ccccc2c1. The molecule has 0 aliphatic rings. The van der Waals surface area contributed by atoms with Gasteiger partial charge in [0.05, 0.1) is 28.0 Å². The van der Waals surface area contributed by atoms with Crippen molar-refractivity contribution in [2.45, 2.75) is 6.92 Å². The minimum Gasteiger partial charge on any atom is -0.360 e. The highest BCUT2D eigenvalue weighted by Gasteiger charge is 2.25. The predicted molar refractivity (Wildman–Crippen MR) is 101 cm³/mol. The Hall–Kier alpha value is -3.25. The first-order valence-corrected chi connectivity index (χ1v) is 8.49. The standard InChI is InChI=1S/C20H13ClFN3O2/c1-11-17(19(25-27-11)18-14(21)6-4-7-15(18)22)20(26)24-13-9-12-5-2-3-8-16(12)23-10-13/h2-10H,1H3,(H,24,26). The van der Waals surface area contributed by atoms with Crippen LogP contribution >= 0.6 is 11.6 Å². The number of carbonyl (C=O) groups is 1. The van der Waals surface area contributed by atoms with Gasteiger partial charge in [0.1, 0.15) is 22.8 Å². The van der Waals surface area contributed by atoms with Crippen LogP contribution in [0.3, 0.4) is 0 Å². The Kier molecular flexibility index (Phi) is 4.33. The molecule has 5 nitrogen and oxygen atoms in total. The molecular weight excluding hydrogens is 369 g/mol. The third kappa shape index (κ3) is 3.15. The lowest BCUT2D eigenvalue weighted by atomic mass is 10.0. The molecule has 0 atom stereocenters. The Balaban J connectivity index is 1.73. The number of halogens is 2. The summed E-state index contributed by atoms with van der Waals surface area (Å²) in [6, 6.07) is 13.6. The molecule has 2 heterocycles. The molecule has 134 valence electrons. The van der Waals surface area contributed by atoms with Gasteiger partial charge in [-0.25, -0.2) is 4.39 Å². The van der Waals surface area contributed by atoms with E-state index in [-0.39, 0.29) is 27.6 Å². The second-order valence-electron chi connectivity index (χ2n) is 5.93. The third-order valence-electron chi connectivity index (χ3n) is 4.14. The number of carbonyl (C=O) groups excluding carboxylic acids is 1. The molecule has 0 fully saturated rings. The number of nitrogens with zero attached hydrogens (tertiary/aromatic N) is 2. The second-order valence-corrected chi connectivity index (χ2v) is 6.34. The van der Waals surface area contributed by atoms with Gasteiger partial charge in [-0.15, -0.1) is 0 Å². The molecule has 2 aromatic heterocycles. The van der Waals surface area contributed by atoms with Crippen molar-refractivity contribution in [1.29, 1.82) is 0 Å². The molecule has 4 aromatic rings. The number of aromatic nitrogens is 2. The summed E-state index contributed by atoms with van der Waals surface area (Å²) in [5.74, 6) is -0.812. The van der Waals surface area contributed by atoms with E-state index in [1.54, 1.807) is 19.2 Å². The molecule has 7 heteroatoms. The molecule has 0 bridgehead atoms. The van der Waals surface area contributed by atoms with E-state index in [1.165, 1.54) is 18.2 Å². The third-order valence-corrected chi connectivity index (χ3v) is 4.45. The van der Waals surface area contributed by atoms with Gasteiger partial charge in [0.15, 0.2) is 0 Å². The highest BCUT2D eigenvalue weighted by Crippen LogP contribution is 2.33. The van der Waals surface area contributed by atoms with E-state index in [2.05, 4.69) is 15.5 Å². The van der Waals surface area contributed by atoms with Crippen molar-refractivity contribution in [1.82, 2.24) is 10.1 Å². The zero-order valence-corrected chi connectivity index (χ0v) is 14.9. The summed E-state index contributed by atoms with van der Waals surface area (Å²) in [6.45, 7) is 1.58. The Morgan fingerprint density at radius 2 is 2.00 bits per heavy atom. The van der Waals surface area contributed by atoms with Crippen LogP contribution in [0, 0.1) is 12.7 Å². The fourth-order valence-corrected chi connectivity index (χ4v) is 3.12. The number of aryl methyl sites for hydroxylation is 1. The summed E-state index contributed by atoms with van der Waals surface area (Å²) in [7, 11) is 0. The van der Waals surface area contributed by atoms with Crippen molar-refractivity contribution in [3.8, 4) is 11.3 Å². The molecule has 0 saturated carbocycles. The number of nitrogens with one attached hydrogen (secondary N) is 1. The van der Waals surface area contributed by atoms with Gasteiger partial charge in [0.25, 0.3) is 5.91 Å². The normalized spacial score (nSPS) is 10.9. The maximum atomic E-state index is 14.3. The van der Waals surface area contributed by atoms with Gasteiger partial charge in [-0.1, -0.05) is 41.0 Å². The largest absolute Gasteiger partial charge is 0.360 e. The van der Waals surface area contributed by atoms with Gasteiger partial charge in [-0.2, -0.15) is 0 Å². The van der Waals surface area contributed by atoms with Crippen LogP contribution in [0.1, 0.15) is 16.1 Å². The number of amides is 1. The lowest BCUT2D eigenvalue weighted by Crippen LogP contribution is -2.14. The summed E-state index contributed by atoms with van der Waals surface area (Å²) in [5.41, 5.74) is 1.52. The Morgan fingerprint density at radius 3 is 2.81 bits per heavy atom. The van der Waals surface area contributed by atoms with Crippen molar-refractivity contribution >= 4 is 34.1 Å². The zero-order valence-electron chi connectivity index (χ0n) is 14.2. The maximum absolute atomic E-state index is 14.3. The first-order chi connectivity index (χ1) is 13.0. The number of rotatable bonds is 3. The highest BCUT2D eigenvalue weighted by molar-refractivity contribution is 6.33. The molecule has 0 saturated heterocycles. The first-order valence-electron chi connectivity index (χ1n) is 8.11. The van der Waals surface area contributed by atoms with Gasteiger partial charge < -0.3 is 9.84 Å². The summed E-state index contributed by atoms with van der Waals surface area (Å²) >= 11 is 6.11. The molecule has 2 aromatic carbocycles. The number of fused-ring (bicyclic) bond motifs is 1. The van der Waals surface area contributed by atoms with Crippen molar-refractivity contribution in [2.75, 3.05) is 5.32 Å². The summed E-state index contributed by atoms with van der Waals surface area (Å²) < 4.78 is 19.4. The topological polar surface area (TPSA) is 68.0 Å². The van der Waals surface area contributed by atoms with E-state index in [9.17, 15) is 9.18 Å². The molecule has 27 heavy (non-hydrogen) atoms. The molecule has 0 aliphatic heterocycles. The molecule has 0 radical (unpaired) electrons. The monoisotopic (exact) mass is 381 g/mol. The van der Waals surface area contributed by atoms with Crippen LogP contribution in [0.2, 0.25) is 5.02 Å². The average molecular weight is 382 g/mol. The van der Waals surface area contributed by atoms with E-state index in [0.29, 0.717) is 5.69 Å². The van der Waals surface area contributed by atoms with Crippen LogP contribution < -0.4 is 5.32 Å². The fraction of sp³-hybridized carbons (Fsp3) is 0.0500. The van der Waals surface area contributed by atoms with Gasteiger partial charge in [0.2, 0.25) is 0 Å². The number of hydrogen-bond acceptors (Lipinski definition) is 4. The lowest BCUT2D eigenvalue weighted by molar-refractivity contribution is 0.102. The zero-order chi connectivity index (χ0) is 19.0. The summed E-state index contributed by atoms with van der Waals surface area (Å²) in [5, 5.41) is 7.63. The second kappa shape index (κ2) is 6.81. The number of anilines is 1. The van der Waals surface area contributed by atoms with Gasteiger partial charge in [0, 0.05) is 5.39 Å². The number of pyridine rings is 1. The van der Waals surface area contributed by atoms with Crippen LogP contribution in [0.4, 0.5) is 10.1 Å². The number of para-hydroxylation sites is 1. The Bertz CT molecular complexity index is 1150. The maximum Gasteiger partial charge on any atom is 0.261 e. The number of hydrogen-bond donors (Lipinski definition) is 1. The van der Waals surface area contributed by atoms with Gasteiger partial charge >= 0.3 is 0 Å². The van der Waals surface area contributed by atoms with E-state index >= 15 is 0 Å². The quantitative estimate of drug-likeness (QED) is 0.526. The van der Waals surface area contributed by atoms with Gasteiger partial charge in [-0.3, -0.25) is 9.78 Å². The van der Waals surface area contributed by atoms with Crippen LogP contribution in [-0.2, 0) is 0 Å². The molecular formula is C20H13ClFN3O2. The summed E-state index contributed by atoms with van der Waals surface area (Å²) in [6.07, 6.45) is 1.55. The van der Waals surface area contributed by atoms with Crippen molar-refractivity contribution < 1.29 is 13.7 Å². The lowest BCUT2D eigenvalue weighted by Gasteiger charge is -2.08. The van der Waals surface area contributed by atoms with E-state index in [1.807, 2.05) is 24.3 Å². The van der Waals surface area contributed by atoms with E-state index in [0.717, 1.165) is 10.9 Å². The van der Waals surface area contributed by atoms with Crippen molar-refractivity contribution in [2.24, 2.45) is 0 Å². The van der Waals surface area contributed by atoms with Crippen LogP contribution in [0.5, 0.6) is 0 Å². The van der Waals surface area contributed by atoms with Crippen LogP contribution in [-0.4, -0.2) is 16.0 Å². The minimum absolute atomic E-state index is 0.0257. The highest BCUT2D eigenvalue weighted by atomic mass is 35.5. The smallest absolute Gasteiger partial charge is 0.261 e. The molecule has 4 rings (SSSR count). The van der Waals surface area contributed by atoms with Crippen LogP contribution in [0.25, 0.3) is 22.2 Å². The Morgan fingerprint density at radius 1 is 1.19 bits per heavy atom. The van der Waals surface area contributed by atoms with Gasteiger partial charge in [-0.05, 0) is 31.2 Å². The minimum atomic E-state index is -0.586. The van der Waals surface area contributed by atoms with Crippen molar-refractivity contribution in [3.63, 3.8) is 0 Å². The Labute approximate surface area is 158 Å². The summed E-state index contributed by atoms with van der Waals surface area (Å²) in [4.78, 5) is 17.2. The fourth-order valence-electron chi connectivity index (χ4n) is 2.87. The number of benzene rings is 2. The molecule has 0 spiro atoms. The predicted octanol–water partition coefficient (Wildman–Crippen LogP) is 5.24. The molecule has 1 amide bonds. The molecule has 0 unspecified atom stereocenters. The van der Waals surface area contributed by atoms with E-state index in [4.69, 9.17) is 16.1 Å². The average Bonchev–Trinajstić information content (AvgIpc) is 3.03. The first kappa shape index (κ1) is 17.2. The van der Waals surface area contributed by atoms with E-state index < -0.39 is 11.7 Å².